The summed E-state index contributed by atoms with van der Waals surface area (Å²) in [6.07, 6.45) is 3.11. The third-order valence-corrected chi connectivity index (χ3v) is 5.46. The number of imidazole rings is 1. The van der Waals surface area contributed by atoms with Gasteiger partial charge in [-0.15, -0.1) is 0 Å². The van der Waals surface area contributed by atoms with Gasteiger partial charge in [-0.3, -0.25) is 9.12 Å². The molecule has 0 saturated carbocycles. The first-order valence-electron chi connectivity index (χ1n) is 5.59. The molecule has 3 heterocycles. The van der Waals surface area contributed by atoms with E-state index in [-0.39, 0.29) is 16.0 Å². The maximum Gasteiger partial charge on any atom is 0.283 e. The summed E-state index contributed by atoms with van der Waals surface area (Å²) < 4.78 is 29.6. The summed E-state index contributed by atoms with van der Waals surface area (Å²) >= 11 is 4.39. The summed E-state index contributed by atoms with van der Waals surface area (Å²) in [5, 5.41) is 0.169. The first-order valence-corrected chi connectivity index (χ1v) is 8.68. The van der Waals surface area contributed by atoms with Crippen molar-refractivity contribution in [1.29, 1.82) is 0 Å². The zero-order valence-corrected chi connectivity index (χ0v) is 13.5. The van der Waals surface area contributed by atoms with Gasteiger partial charge in [-0.25, -0.2) is 15.8 Å². The second-order valence-corrected chi connectivity index (χ2v) is 7.92. The van der Waals surface area contributed by atoms with Crippen molar-refractivity contribution in [3.63, 3.8) is 0 Å². The van der Waals surface area contributed by atoms with Crippen molar-refractivity contribution < 1.29 is 8.42 Å². The monoisotopic (exact) mass is 388 g/mol. The van der Waals surface area contributed by atoms with Gasteiger partial charge in [-0.05, 0) is 28.1 Å². The van der Waals surface area contributed by atoms with Crippen LogP contribution in [0.5, 0.6) is 0 Å². The van der Waals surface area contributed by atoms with Crippen LogP contribution in [0.2, 0.25) is 0 Å². The molecule has 11 heteroatoms. The van der Waals surface area contributed by atoms with Gasteiger partial charge in [-0.1, -0.05) is 17.4 Å². The predicted octanol–water partition coefficient (Wildman–Crippen LogP) is 1.64. The number of nitrogen functional groups attached to an aromatic ring is 1. The lowest BCUT2D eigenvalue weighted by Gasteiger charge is -2.06. The van der Waals surface area contributed by atoms with E-state index >= 15 is 0 Å². The van der Waals surface area contributed by atoms with Gasteiger partial charge in [-0.2, -0.15) is 8.42 Å². The summed E-state index contributed by atoms with van der Waals surface area (Å²) in [6, 6.07) is 5.14. The molecule has 0 aliphatic rings. The van der Waals surface area contributed by atoms with Crippen LogP contribution in [0.3, 0.4) is 0 Å². The lowest BCUT2D eigenvalue weighted by Crippen LogP contribution is -2.18. The fourth-order valence-corrected chi connectivity index (χ4v) is 4.39. The van der Waals surface area contributed by atoms with Crippen LogP contribution in [0.25, 0.3) is 5.65 Å². The molecule has 0 amide bonds. The lowest BCUT2D eigenvalue weighted by atomic mass is 10.5. The third-order valence-electron chi connectivity index (χ3n) is 2.58. The molecule has 4 N–H and O–H groups in total. The highest BCUT2D eigenvalue weighted by Gasteiger charge is 2.26. The Hall–Kier alpha value is -1.69. The number of rotatable bonds is 4. The van der Waals surface area contributed by atoms with Gasteiger partial charge in [0.2, 0.25) is 5.03 Å². The van der Waals surface area contributed by atoms with Crippen molar-refractivity contribution in [3.05, 3.63) is 34.4 Å². The quantitative estimate of drug-likeness (QED) is 0.462. The van der Waals surface area contributed by atoms with E-state index in [2.05, 4.69) is 36.0 Å². The van der Waals surface area contributed by atoms with E-state index in [9.17, 15) is 8.42 Å². The molecule has 8 nitrogen and oxygen atoms in total. The third kappa shape index (κ3) is 2.60. The van der Waals surface area contributed by atoms with Crippen LogP contribution in [0, 0.1) is 0 Å². The van der Waals surface area contributed by atoms with Crippen LogP contribution in [0.1, 0.15) is 0 Å². The number of thiazole rings is 1. The van der Waals surface area contributed by atoms with Crippen molar-refractivity contribution in [2.24, 2.45) is 5.84 Å². The molecule has 0 fully saturated rings. The smallest absolute Gasteiger partial charge is 0.283 e. The Morgan fingerprint density at radius 3 is 2.86 bits per heavy atom. The fourth-order valence-electron chi connectivity index (χ4n) is 1.79. The topological polar surface area (TPSA) is 114 Å². The predicted molar refractivity (Wildman–Crippen MR) is 83.6 cm³/mol. The number of nitrogens with two attached hydrogens (primary N) is 1. The van der Waals surface area contributed by atoms with E-state index in [0.29, 0.717) is 5.65 Å². The van der Waals surface area contributed by atoms with Crippen LogP contribution >= 0.6 is 27.3 Å². The summed E-state index contributed by atoms with van der Waals surface area (Å²) in [5.41, 5.74) is 2.77. The molecule has 0 atom stereocenters. The second-order valence-electron chi connectivity index (χ2n) is 3.91. The summed E-state index contributed by atoms with van der Waals surface area (Å²) in [4.78, 5) is 8.07. The molecule has 0 spiro atoms. The van der Waals surface area contributed by atoms with E-state index in [1.807, 2.05) is 0 Å². The van der Waals surface area contributed by atoms with Gasteiger partial charge in [0, 0.05) is 6.20 Å². The first kappa shape index (κ1) is 14.3. The van der Waals surface area contributed by atoms with Gasteiger partial charge in [0.25, 0.3) is 10.0 Å². The summed E-state index contributed by atoms with van der Waals surface area (Å²) in [6.45, 7) is 0. The number of sulfonamides is 1. The van der Waals surface area contributed by atoms with Crippen LogP contribution < -0.4 is 16.0 Å². The van der Waals surface area contributed by atoms with Crippen LogP contribution in [-0.4, -0.2) is 22.8 Å². The molecular weight excluding hydrogens is 380 g/mol. The molecule has 0 aliphatic heterocycles. The molecule has 110 valence electrons. The van der Waals surface area contributed by atoms with Crippen molar-refractivity contribution in [2.75, 3.05) is 10.1 Å². The Bertz CT molecular complexity index is 903. The van der Waals surface area contributed by atoms with E-state index in [1.165, 1.54) is 10.6 Å². The Labute approximate surface area is 132 Å². The van der Waals surface area contributed by atoms with Gasteiger partial charge in [0.1, 0.15) is 5.65 Å². The zero-order valence-electron chi connectivity index (χ0n) is 10.3. The zero-order chi connectivity index (χ0) is 15.0. The number of pyridine rings is 1. The molecule has 0 bridgehead atoms. The van der Waals surface area contributed by atoms with Gasteiger partial charge < -0.3 is 5.43 Å². The highest BCUT2D eigenvalue weighted by molar-refractivity contribution is 9.11. The summed E-state index contributed by atoms with van der Waals surface area (Å²) in [5.74, 6) is 5.43. The number of hydrogen-bond donors (Lipinski definition) is 3. The second kappa shape index (κ2) is 5.26. The molecule has 3 aromatic rings. The standard InChI is InChI=1S/C10H9BrN6O2S2/c11-6-5-13-10(20-6)16-21(18,19)9-8(15-12)14-7-3-1-2-4-17(7)9/h1-5,15H,12H2,(H,13,16). The number of fused-ring (bicyclic) bond motifs is 1. The number of anilines is 2. The van der Waals surface area contributed by atoms with E-state index in [0.717, 1.165) is 15.1 Å². The molecule has 0 aromatic carbocycles. The Morgan fingerprint density at radius 2 is 2.19 bits per heavy atom. The van der Waals surface area contributed by atoms with Gasteiger partial charge >= 0.3 is 0 Å². The van der Waals surface area contributed by atoms with Crippen molar-refractivity contribution >= 4 is 53.9 Å². The Morgan fingerprint density at radius 1 is 1.38 bits per heavy atom. The highest BCUT2D eigenvalue weighted by atomic mass is 79.9. The first-order chi connectivity index (χ1) is 10.0. The lowest BCUT2D eigenvalue weighted by molar-refractivity contribution is 0.597. The Kier molecular flexibility index (Phi) is 3.57. The van der Waals surface area contributed by atoms with Crippen molar-refractivity contribution in [3.8, 4) is 0 Å². The van der Waals surface area contributed by atoms with E-state index in [4.69, 9.17) is 5.84 Å². The van der Waals surface area contributed by atoms with Gasteiger partial charge in [0.15, 0.2) is 10.9 Å². The molecule has 0 radical (unpaired) electrons. The van der Waals surface area contributed by atoms with E-state index in [1.54, 1.807) is 24.4 Å². The summed E-state index contributed by atoms with van der Waals surface area (Å²) in [7, 11) is -3.89. The number of nitrogens with one attached hydrogen (secondary N) is 2. The van der Waals surface area contributed by atoms with Crippen LogP contribution in [0.4, 0.5) is 10.9 Å². The van der Waals surface area contributed by atoms with Crippen molar-refractivity contribution in [2.45, 2.75) is 5.03 Å². The van der Waals surface area contributed by atoms with Crippen LogP contribution in [-0.2, 0) is 10.0 Å². The minimum Gasteiger partial charge on any atom is -0.306 e. The Balaban J connectivity index is 2.13. The highest BCUT2D eigenvalue weighted by Crippen LogP contribution is 2.28. The molecule has 3 aromatic heterocycles. The number of hydrogen-bond acceptors (Lipinski definition) is 7. The number of hydrazine groups is 1. The molecule has 0 unspecified atom stereocenters. The average molecular weight is 389 g/mol. The number of nitrogens with zero attached hydrogens (tertiary/aromatic N) is 3. The molecule has 0 saturated heterocycles. The SMILES string of the molecule is NNc1nc2ccccn2c1S(=O)(=O)Nc1ncc(Br)s1. The minimum absolute atomic E-state index is 0.0596. The maximum absolute atomic E-state index is 12.5. The van der Waals surface area contributed by atoms with Crippen LogP contribution in [0.15, 0.2) is 39.4 Å². The van der Waals surface area contributed by atoms with Gasteiger partial charge in [0.05, 0.1) is 9.98 Å². The maximum atomic E-state index is 12.5. The minimum atomic E-state index is -3.89. The number of halogens is 1. The number of aromatic nitrogens is 3. The normalized spacial score (nSPS) is 11.7. The molecule has 0 aliphatic carbocycles. The molecule has 3 rings (SSSR count). The average Bonchev–Trinajstić information content (AvgIpc) is 3.01. The largest absolute Gasteiger partial charge is 0.306 e. The fraction of sp³-hybridized carbons (Fsp3) is 0. The van der Waals surface area contributed by atoms with Crippen molar-refractivity contribution in [1.82, 2.24) is 14.4 Å². The molecular formula is C10H9BrN6O2S2. The molecule has 21 heavy (non-hydrogen) atoms. The van der Waals surface area contributed by atoms with E-state index < -0.39 is 10.0 Å².